The van der Waals surface area contributed by atoms with Crippen LogP contribution in [0.25, 0.3) is 0 Å². The van der Waals surface area contributed by atoms with Gasteiger partial charge in [0, 0.05) is 31.3 Å². The van der Waals surface area contributed by atoms with Gasteiger partial charge in [0.1, 0.15) is 17.6 Å². The molecule has 16 heteroatoms. The molecule has 0 bridgehead atoms. The molecule has 4 amide bonds. The van der Waals surface area contributed by atoms with E-state index >= 15 is 8.78 Å². The second-order valence-corrected chi connectivity index (χ2v) is 8.04. The summed E-state index contributed by atoms with van der Waals surface area (Å²) in [6.07, 6.45) is -5.18. The van der Waals surface area contributed by atoms with Crippen LogP contribution >= 0.6 is 0 Å². The highest BCUT2D eigenvalue weighted by atomic mass is 19.3. The van der Waals surface area contributed by atoms with E-state index in [1.807, 2.05) is 5.32 Å². The monoisotopic (exact) mass is 546 g/mol. The summed E-state index contributed by atoms with van der Waals surface area (Å²) in [4.78, 5) is 43.0. The Hall–Kier alpha value is -4.08. The second-order valence-electron chi connectivity index (χ2n) is 8.04. The number of urea groups is 1. The second kappa shape index (κ2) is 12.4. The van der Waals surface area contributed by atoms with Crippen molar-refractivity contribution in [2.24, 2.45) is 0 Å². The van der Waals surface area contributed by atoms with Crippen molar-refractivity contribution < 1.29 is 46.0 Å². The van der Waals surface area contributed by atoms with Crippen LogP contribution < -0.4 is 20.4 Å². The summed E-state index contributed by atoms with van der Waals surface area (Å²) in [5.41, 5.74) is -0.554. The molecule has 0 unspecified atom stereocenters. The third kappa shape index (κ3) is 6.81. The van der Waals surface area contributed by atoms with E-state index in [9.17, 15) is 23.2 Å². The molecule has 2 heterocycles. The Kier molecular flexibility index (Phi) is 9.33. The lowest BCUT2D eigenvalue weighted by molar-refractivity contribution is -0.132. The number of cyclic esters (lactones) is 1. The average molecular weight is 546 g/mol. The van der Waals surface area contributed by atoms with E-state index in [4.69, 9.17) is 14.1 Å². The first kappa shape index (κ1) is 28.5. The van der Waals surface area contributed by atoms with E-state index in [-0.39, 0.29) is 37.7 Å². The zero-order valence-corrected chi connectivity index (χ0v) is 20.7. The summed E-state index contributed by atoms with van der Waals surface area (Å²) in [6, 6.07) is 2.67. The number of aryl methyl sites for hydroxylation is 1. The van der Waals surface area contributed by atoms with Gasteiger partial charge in [-0.15, -0.1) is 0 Å². The number of hydroxylamine groups is 2. The minimum atomic E-state index is -3.23. The Morgan fingerprint density at radius 3 is 2.47 bits per heavy atom. The Balaban J connectivity index is 1.66. The Morgan fingerprint density at radius 2 is 1.92 bits per heavy atom. The average Bonchev–Trinajstić information content (AvgIpc) is 3.45. The molecule has 1 saturated heterocycles. The number of likely N-dealkylation sites (N-methyl/N-ethyl adjacent to an activating group) is 1. The van der Waals surface area contributed by atoms with Crippen LogP contribution in [-0.2, 0) is 14.4 Å². The third-order valence-electron chi connectivity index (χ3n) is 5.47. The van der Waals surface area contributed by atoms with Gasteiger partial charge < -0.3 is 19.5 Å². The van der Waals surface area contributed by atoms with Crippen LogP contribution in [-0.4, -0.2) is 80.6 Å². The van der Waals surface area contributed by atoms with E-state index in [1.165, 1.54) is 18.1 Å². The highest BCUT2D eigenvalue weighted by molar-refractivity contribution is 5.90. The number of alkyl halides is 2. The number of ether oxygens (including phenoxy) is 1. The van der Waals surface area contributed by atoms with Crippen LogP contribution in [0.2, 0.25) is 0 Å². The van der Waals surface area contributed by atoms with Gasteiger partial charge >= 0.3 is 18.5 Å². The number of carbonyl (C=O) groups is 3. The van der Waals surface area contributed by atoms with Crippen LogP contribution in [0.3, 0.4) is 0 Å². The van der Waals surface area contributed by atoms with Crippen molar-refractivity contribution in [3.63, 3.8) is 0 Å². The maximum absolute atomic E-state index is 15.1. The molecule has 0 radical (unpaired) electrons. The molecular weight excluding hydrogens is 520 g/mol. The van der Waals surface area contributed by atoms with E-state index in [0.717, 1.165) is 22.1 Å². The molecule has 208 valence electrons. The maximum Gasteiger partial charge on any atom is 0.414 e. The molecule has 0 saturated carbocycles. The number of aromatic nitrogens is 1. The highest BCUT2D eigenvalue weighted by Gasteiger charge is 2.34. The van der Waals surface area contributed by atoms with Crippen molar-refractivity contribution in [3.05, 3.63) is 35.6 Å². The predicted octanol–water partition coefficient (Wildman–Crippen LogP) is 2.89. The fourth-order valence-corrected chi connectivity index (χ4v) is 3.65. The van der Waals surface area contributed by atoms with Crippen LogP contribution in [0.1, 0.15) is 12.7 Å². The first-order chi connectivity index (χ1) is 18.0. The van der Waals surface area contributed by atoms with E-state index in [2.05, 4.69) is 10.5 Å². The van der Waals surface area contributed by atoms with Crippen molar-refractivity contribution >= 4 is 35.2 Å². The minimum absolute atomic E-state index is 0.0273. The molecule has 1 aliphatic rings. The normalized spacial score (nSPS) is 15.0. The zero-order chi connectivity index (χ0) is 28.0. The molecule has 1 fully saturated rings. The van der Waals surface area contributed by atoms with E-state index < -0.39 is 54.4 Å². The van der Waals surface area contributed by atoms with Crippen molar-refractivity contribution in [3.8, 4) is 0 Å². The molecule has 38 heavy (non-hydrogen) atoms. The Bertz CT molecular complexity index is 1140. The maximum atomic E-state index is 15.1. The van der Waals surface area contributed by atoms with Crippen LogP contribution in [0.15, 0.2) is 22.7 Å². The van der Waals surface area contributed by atoms with Gasteiger partial charge in [-0.25, -0.2) is 23.4 Å². The molecule has 12 nitrogen and oxygen atoms in total. The van der Waals surface area contributed by atoms with Gasteiger partial charge in [0.25, 0.3) is 5.91 Å². The van der Waals surface area contributed by atoms with Crippen LogP contribution in [0.5, 0.6) is 0 Å². The largest absolute Gasteiger partial charge is 0.442 e. The molecule has 1 aliphatic heterocycles. The number of amides is 4. The van der Waals surface area contributed by atoms with Crippen LogP contribution in [0, 0.1) is 18.6 Å². The molecule has 1 atom stereocenters. The molecule has 0 spiro atoms. The number of hydrogen-bond donors (Lipinski definition) is 2. The third-order valence-corrected chi connectivity index (χ3v) is 5.47. The van der Waals surface area contributed by atoms with Gasteiger partial charge in [0.05, 0.1) is 32.4 Å². The number of rotatable bonds is 11. The molecule has 1 aromatic carbocycles. The van der Waals surface area contributed by atoms with Gasteiger partial charge in [0.2, 0.25) is 0 Å². The number of nitrogens with one attached hydrogen (secondary N) is 2. The Morgan fingerprint density at radius 1 is 1.24 bits per heavy atom. The standard InChI is InChI=1S/C22H26F4N6O6/c1-4-30(5-6-32(36-3)21(34)28-17-7-12(2)38-29-17)18-15(23)8-13(9-16(18)24)31-11-14(37-22(31)35)10-27-20(33)19(25)26/h7-9,14,19H,4-6,10-11H2,1-3H3,(H,27,33)(H,28,29,34)/t14-/m0/s1. The number of carbonyl (C=O) groups excluding carboxylic acids is 3. The topological polar surface area (TPSA) is 129 Å². The summed E-state index contributed by atoms with van der Waals surface area (Å²) in [5.74, 6) is -2.87. The number of halogens is 4. The van der Waals surface area contributed by atoms with Gasteiger partial charge in [-0.3, -0.25) is 19.8 Å². The minimum Gasteiger partial charge on any atom is -0.442 e. The quantitative estimate of drug-likeness (QED) is 0.325. The molecule has 2 N–H and O–H groups in total. The smallest absolute Gasteiger partial charge is 0.414 e. The molecule has 0 aliphatic carbocycles. The van der Waals surface area contributed by atoms with Gasteiger partial charge in [-0.2, -0.15) is 8.78 Å². The fraction of sp³-hybridized carbons (Fsp3) is 0.455. The van der Waals surface area contributed by atoms with Crippen molar-refractivity contribution in [2.75, 3.05) is 55.0 Å². The lowest BCUT2D eigenvalue weighted by Gasteiger charge is -2.28. The first-order valence-corrected chi connectivity index (χ1v) is 11.4. The highest BCUT2D eigenvalue weighted by Crippen LogP contribution is 2.31. The molecule has 2 aromatic rings. The predicted molar refractivity (Wildman–Crippen MR) is 125 cm³/mol. The van der Waals surface area contributed by atoms with Gasteiger partial charge in [-0.1, -0.05) is 5.16 Å². The molecule has 1 aromatic heterocycles. The number of benzene rings is 1. The van der Waals surface area contributed by atoms with Gasteiger partial charge in [0.15, 0.2) is 17.5 Å². The van der Waals surface area contributed by atoms with Crippen molar-refractivity contribution in [1.29, 1.82) is 0 Å². The number of nitrogens with zero attached hydrogens (tertiary/aromatic N) is 4. The SMILES string of the molecule is CCN(CCN(OC)C(=O)Nc1cc(C)on1)c1c(F)cc(N2C[C@H](CNC(=O)C(F)F)OC2=O)cc1F. The molecular formula is C22H26F4N6O6. The number of hydrogen-bond acceptors (Lipinski definition) is 8. The summed E-state index contributed by atoms with van der Waals surface area (Å²) in [5, 5.41) is 8.97. The summed E-state index contributed by atoms with van der Waals surface area (Å²) in [7, 11) is 1.25. The first-order valence-electron chi connectivity index (χ1n) is 11.4. The number of anilines is 3. The van der Waals surface area contributed by atoms with Crippen molar-refractivity contribution in [2.45, 2.75) is 26.4 Å². The van der Waals surface area contributed by atoms with Gasteiger partial charge in [-0.05, 0) is 13.8 Å². The zero-order valence-electron chi connectivity index (χ0n) is 20.7. The summed E-state index contributed by atoms with van der Waals surface area (Å²) in [6.45, 7) is 2.73. The molecule has 3 rings (SSSR count). The summed E-state index contributed by atoms with van der Waals surface area (Å²) >= 11 is 0. The Labute approximate surface area is 214 Å². The van der Waals surface area contributed by atoms with E-state index in [0.29, 0.717) is 5.76 Å². The lowest BCUT2D eigenvalue weighted by atomic mass is 10.2. The van der Waals surface area contributed by atoms with Crippen LogP contribution in [0.4, 0.5) is 44.3 Å². The van der Waals surface area contributed by atoms with Crippen molar-refractivity contribution in [1.82, 2.24) is 15.5 Å². The van der Waals surface area contributed by atoms with E-state index in [1.54, 1.807) is 13.8 Å². The fourth-order valence-electron chi connectivity index (χ4n) is 3.65. The lowest BCUT2D eigenvalue weighted by Crippen LogP contribution is -2.41. The summed E-state index contributed by atoms with van der Waals surface area (Å²) < 4.78 is 64.7.